The van der Waals surface area contributed by atoms with Crippen molar-refractivity contribution >= 4 is 0 Å². The summed E-state index contributed by atoms with van der Waals surface area (Å²) in [5.74, 6) is 1.74. The molecule has 1 heterocycles. The Balaban J connectivity index is 2.23. The molecule has 0 fully saturated rings. The lowest BCUT2D eigenvalue weighted by Crippen LogP contribution is -2.23. The van der Waals surface area contributed by atoms with Crippen LogP contribution in [-0.4, -0.2) is 12.6 Å². The zero-order valence-corrected chi connectivity index (χ0v) is 8.05. The monoisotopic (exact) mass is 169 g/mol. The number of rotatable bonds is 4. The molecular weight excluding hydrogens is 150 g/mol. The van der Waals surface area contributed by atoms with E-state index in [1.54, 1.807) is 0 Å². The van der Waals surface area contributed by atoms with Crippen LogP contribution < -0.4 is 5.73 Å². The summed E-state index contributed by atoms with van der Waals surface area (Å²) in [7, 11) is 0. The summed E-state index contributed by atoms with van der Waals surface area (Å²) in [6, 6.07) is 0.134. The van der Waals surface area contributed by atoms with E-state index >= 15 is 0 Å². The Hall–Kier alpha value is -0.500. The van der Waals surface area contributed by atoms with Crippen LogP contribution in [0.2, 0.25) is 0 Å². The summed E-state index contributed by atoms with van der Waals surface area (Å²) >= 11 is 0. The van der Waals surface area contributed by atoms with Gasteiger partial charge in [0.15, 0.2) is 0 Å². The van der Waals surface area contributed by atoms with Crippen LogP contribution in [0, 0.1) is 5.92 Å². The van der Waals surface area contributed by atoms with Crippen molar-refractivity contribution in [1.29, 1.82) is 0 Å². The van der Waals surface area contributed by atoms with E-state index in [9.17, 15) is 0 Å². The van der Waals surface area contributed by atoms with Gasteiger partial charge in [0.2, 0.25) is 0 Å². The maximum Gasteiger partial charge on any atom is 0.109 e. The van der Waals surface area contributed by atoms with Gasteiger partial charge in [-0.15, -0.1) is 0 Å². The minimum atomic E-state index is 0.134. The maximum absolute atomic E-state index is 5.93. The van der Waals surface area contributed by atoms with Gasteiger partial charge >= 0.3 is 0 Å². The van der Waals surface area contributed by atoms with Gasteiger partial charge in [-0.3, -0.25) is 0 Å². The van der Waals surface area contributed by atoms with Crippen molar-refractivity contribution in [3.8, 4) is 0 Å². The van der Waals surface area contributed by atoms with Crippen molar-refractivity contribution < 1.29 is 4.74 Å². The van der Waals surface area contributed by atoms with Crippen molar-refractivity contribution in [2.75, 3.05) is 6.61 Å². The van der Waals surface area contributed by atoms with Gasteiger partial charge in [-0.05, 0) is 24.8 Å². The molecule has 0 spiro atoms. The fourth-order valence-electron chi connectivity index (χ4n) is 1.35. The quantitative estimate of drug-likeness (QED) is 0.699. The van der Waals surface area contributed by atoms with Crippen LogP contribution in [0.25, 0.3) is 0 Å². The molecule has 0 bridgehead atoms. The highest BCUT2D eigenvalue weighted by atomic mass is 16.5. The fraction of sp³-hybridized carbons (Fsp3) is 0.800. The Labute approximate surface area is 74.8 Å². The Bertz CT molecular complexity index is 163. The summed E-state index contributed by atoms with van der Waals surface area (Å²) in [4.78, 5) is 0. The third kappa shape index (κ3) is 2.86. The topological polar surface area (TPSA) is 35.2 Å². The zero-order chi connectivity index (χ0) is 8.97. The number of ether oxygens (including phenoxy) is 1. The summed E-state index contributed by atoms with van der Waals surface area (Å²) < 4.78 is 5.38. The molecule has 12 heavy (non-hydrogen) atoms. The third-order valence-electron chi connectivity index (χ3n) is 2.15. The minimum Gasteiger partial charge on any atom is -0.496 e. The molecule has 70 valence electrons. The molecule has 0 saturated heterocycles. The van der Waals surface area contributed by atoms with E-state index in [2.05, 4.69) is 19.9 Å². The molecule has 0 saturated carbocycles. The van der Waals surface area contributed by atoms with Gasteiger partial charge in [-0.1, -0.05) is 13.8 Å². The number of hydrogen-bond acceptors (Lipinski definition) is 2. The summed E-state index contributed by atoms with van der Waals surface area (Å²) in [5.41, 5.74) is 5.93. The van der Waals surface area contributed by atoms with Gasteiger partial charge in [-0.2, -0.15) is 0 Å². The molecule has 2 N–H and O–H groups in total. The van der Waals surface area contributed by atoms with Gasteiger partial charge < -0.3 is 10.5 Å². The molecule has 0 aromatic rings. The predicted molar refractivity (Wildman–Crippen MR) is 50.7 cm³/mol. The third-order valence-corrected chi connectivity index (χ3v) is 2.15. The molecule has 1 aliphatic rings. The molecule has 0 radical (unpaired) electrons. The van der Waals surface area contributed by atoms with Crippen molar-refractivity contribution in [2.45, 2.75) is 39.2 Å². The molecule has 1 rings (SSSR count). The van der Waals surface area contributed by atoms with E-state index in [0.717, 1.165) is 31.1 Å². The molecular formula is C10H19NO. The highest BCUT2D eigenvalue weighted by Gasteiger charge is 2.14. The standard InChI is InChI=1S/C10H19NO/c1-8(2)5-6-9(11)10-4-3-7-12-10/h4,8-9H,3,5-7,11H2,1-2H3. The zero-order valence-electron chi connectivity index (χ0n) is 8.05. The smallest absolute Gasteiger partial charge is 0.109 e. The number of nitrogens with two attached hydrogens (primary N) is 1. The second-order valence-corrected chi connectivity index (χ2v) is 3.82. The van der Waals surface area contributed by atoms with Crippen molar-refractivity contribution in [2.24, 2.45) is 11.7 Å². The lowest BCUT2D eigenvalue weighted by molar-refractivity contribution is 0.220. The Morgan fingerprint density at radius 3 is 2.75 bits per heavy atom. The summed E-state index contributed by atoms with van der Waals surface area (Å²) in [6.45, 7) is 5.26. The molecule has 1 atom stereocenters. The molecule has 0 aromatic carbocycles. The van der Waals surface area contributed by atoms with Crippen LogP contribution in [-0.2, 0) is 4.74 Å². The normalized spacial score (nSPS) is 19.2. The number of hydrogen-bond donors (Lipinski definition) is 1. The van der Waals surface area contributed by atoms with E-state index in [0.29, 0.717) is 0 Å². The second-order valence-electron chi connectivity index (χ2n) is 3.82. The highest BCUT2D eigenvalue weighted by Crippen LogP contribution is 2.17. The Morgan fingerprint density at radius 2 is 2.25 bits per heavy atom. The maximum atomic E-state index is 5.93. The Kier molecular flexibility index (Phi) is 3.60. The fourth-order valence-corrected chi connectivity index (χ4v) is 1.35. The van der Waals surface area contributed by atoms with Crippen LogP contribution in [0.15, 0.2) is 11.8 Å². The van der Waals surface area contributed by atoms with Crippen molar-refractivity contribution in [3.05, 3.63) is 11.8 Å². The molecule has 2 heteroatoms. The van der Waals surface area contributed by atoms with E-state index in [4.69, 9.17) is 10.5 Å². The molecule has 0 aliphatic carbocycles. The summed E-state index contributed by atoms with van der Waals surface area (Å²) in [6.07, 6.45) is 5.38. The average molecular weight is 169 g/mol. The van der Waals surface area contributed by atoms with E-state index in [1.807, 2.05) is 0 Å². The Morgan fingerprint density at radius 1 is 1.50 bits per heavy atom. The second kappa shape index (κ2) is 4.51. The van der Waals surface area contributed by atoms with Gasteiger partial charge in [0.05, 0.1) is 12.6 Å². The van der Waals surface area contributed by atoms with E-state index in [-0.39, 0.29) is 6.04 Å². The van der Waals surface area contributed by atoms with Crippen LogP contribution in [0.5, 0.6) is 0 Å². The summed E-state index contributed by atoms with van der Waals surface area (Å²) in [5, 5.41) is 0. The SMILES string of the molecule is CC(C)CCC(N)C1=CCCO1. The lowest BCUT2D eigenvalue weighted by Gasteiger charge is -2.13. The van der Waals surface area contributed by atoms with Crippen LogP contribution in [0.4, 0.5) is 0 Å². The average Bonchev–Trinajstić information content (AvgIpc) is 2.51. The molecule has 1 aliphatic heterocycles. The molecule has 2 nitrogen and oxygen atoms in total. The molecule has 1 unspecified atom stereocenters. The van der Waals surface area contributed by atoms with Gasteiger partial charge in [0.1, 0.15) is 5.76 Å². The van der Waals surface area contributed by atoms with Crippen molar-refractivity contribution in [3.63, 3.8) is 0 Å². The van der Waals surface area contributed by atoms with E-state index in [1.165, 1.54) is 6.42 Å². The predicted octanol–water partition coefficient (Wildman–Crippen LogP) is 2.05. The lowest BCUT2D eigenvalue weighted by atomic mass is 10.0. The first-order valence-electron chi connectivity index (χ1n) is 4.78. The van der Waals surface area contributed by atoms with Gasteiger partial charge in [0, 0.05) is 6.42 Å². The first-order chi connectivity index (χ1) is 5.70. The first-order valence-corrected chi connectivity index (χ1v) is 4.78. The first kappa shape index (κ1) is 9.59. The largest absolute Gasteiger partial charge is 0.496 e. The molecule has 0 aromatic heterocycles. The van der Waals surface area contributed by atoms with E-state index < -0.39 is 0 Å². The van der Waals surface area contributed by atoms with Crippen LogP contribution in [0.3, 0.4) is 0 Å². The van der Waals surface area contributed by atoms with Gasteiger partial charge in [-0.25, -0.2) is 0 Å². The highest BCUT2D eigenvalue weighted by molar-refractivity contribution is 5.05. The minimum absolute atomic E-state index is 0.134. The van der Waals surface area contributed by atoms with Crippen LogP contribution in [0.1, 0.15) is 33.1 Å². The molecule has 0 amide bonds. The van der Waals surface area contributed by atoms with Crippen molar-refractivity contribution in [1.82, 2.24) is 0 Å². The van der Waals surface area contributed by atoms with Crippen LogP contribution >= 0.6 is 0 Å². The van der Waals surface area contributed by atoms with Gasteiger partial charge in [0.25, 0.3) is 0 Å².